The van der Waals surface area contributed by atoms with E-state index in [9.17, 15) is 0 Å². The molecule has 0 aliphatic carbocycles. The Hall–Kier alpha value is -7.48. The monoisotopic (exact) mass is 721 g/mol. The summed E-state index contributed by atoms with van der Waals surface area (Å²) in [4.78, 5) is 3.81. The molecule has 0 atom stereocenters. The van der Waals surface area contributed by atoms with Crippen molar-refractivity contribution in [3.05, 3.63) is 206 Å². The molecule has 12 aromatic rings. The number of nitrogens with one attached hydrogen (secondary N) is 1. The molecule has 1 heterocycles. The van der Waals surface area contributed by atoms with E-state index in [4.69, 9.17) is 0 Å². The van der Waals surface area contributed by atoms with Crippen molar-refractivity contribution in [2.24, 2.45) is 0 Å². The van der Waals surface area contributed by atoms with E-state index < -0.39 is 0 Å². The number of fused-ring (bicyclic) bond motifs is 11. The second-order valence-electron chi connectivity index (χ2n) is 15.3. The molecule has 12 rings (SSSR count). The van der Waals surface area contributed by atoms with E-state index in [0.29, 0.717) is 0 Å². The van der Waals surface area contributed by atoms with Gasteiger partial charge in [0.25, 0.3) is 0 Å². The summed E-state index contributed by atoms with van der Waals surface area (Å²) >= 11 is 0. The van der Waals surface area contributed by atoms with Crippen LogP contribution in [0.3, 0.4) is 0 Å². The van der Waals surface area contributed by atoms with Crippen molar-refractivity contribution in [1.29, 1.82) is 0 Å². The van der Waals surface area contributed by atoms with Crippen LogP contribution in [0.25, 0.3) is 120 Å². The molecule has 1 nitrogen and oxygen atoms in total. The Morgan fingerprint density at radius 1 is 0.246 bits per heavy atom. The number of benzene rings is 11. The molecular weight excluding hydrogens is 687 g/mol. The van der Waals surface area contributed by atoms with E-state index in [2.05, 4.69) is 211 Å². The van der Waals surface area contributed by atoms with Gasteiger partial charge in [0, 0.05) is 21.7 Å². The van der Waals surface area contributed by atoms with Gasteiger partial charge in [0.2, 0.25) is 0 Å². The van der Waals surface area contributed by atoms with Gasteiger partial charge in [0.05, 0.1) is 5.52 Å². The Labute approximate surface area is 330 Å². The van der Waals surface area contributed by atoms with Gasteiger partial charge in [-0.2, -0.15) is 0 Å². The Bertz CT molecular complexity index is 3510. The molecule has 0 aliphatic heterocycles. The summed E-state index contributed by atoms with van der Waals surface area (Å²) in [6.07, 6.45) is 0. The maximum absolute atomic E-state index is 3.81. The zero-order valence-corrected chi connectivity index (χ0v) is 31.1. The highest BCUT2D eigenvalue weighted by molar-refractivity contribution is 6.31. The molecular formula is C56H35N. The van der Waals surface area contributed by atoms with Gasteiger partial charge in [-0.1, -0.05) is 182 Å². The Balaban J connectivity index is 1.01. The normalized spacial score (nSPS) is 11.9. The fourth-order valence-corrected chi connectivity index (χ4v) is 9.53. The first kappa shape index (κ1) is 31.8. The van der Waals surface area contributed by atoms with Crippen LogP contribution in [0.5, 0.6) is 0 Å². The van der Waals surface area contributed by atoms with Crippen molar-refractivity contribution in [1.82, 2.24) is 4.98 Å². The number of aromatic amines is 1. The molecule has 1 heteroatoms. The van der Waals surface area contributed by atoms with Crippen molar-refractivity contribution < 1.29 is 0 Å². The van der Waals surface area contributed by atoms with Crippen molar-refractivity contribution in [3.63, 3.8) is 0 Å². The third-order valence-electron chi connectivity index (χ3n) is 12.2. The van der Waals surface area contributed by atoms with Gasteiger partial charge in [0.15, 0.2) is 0 Å². The van der Waals surface area contributed by atoms with Crippen molar-refractivity contribution in [3.8, 4) is 44.5 Å². The first-order chi connectivity index (χ1) is 28.3. The average Bonchev–Trinajstić information content (AvgIpc) is 3.68. The lowest BCUT2D eigenvalue weighted by Gasteiger charge is -2.18. The third kappa shape index (κ3) is 4.96. The Morgan fingerprint density at radius 3 is 1.42 bits per heavy atom. The number of hydrogen-bond acceptors (Lipinski definition) is 0. The summed E-state index contributed by atoms with van der Waals surface area (Å²) in [5.74, 6) is 0. The maximum Gasteiger partial charge on any atom is 0.0551 e. The topological polar surface area (TPSA) is 15.8 Å². The van der Waals surface area contributed by atoms with Gasteiger partial charge in [-0.05, 0) is 117 Å². The van der Waals surface area contributed by atoms with Crippen LogP contribution in [-0.4, -0.2) is 4.98 Å². The fourth-order valence-electron chi connectivity index (χ4n) is 9.53. The van der Waals surface area contributed by atoms with Gasteiger partial charge >= 0.3 is 0 Å². The van der Waals surface area contributed by atoms with E-state index in [-0.39, 0.29) is 0 Å². The molecule has 0 saturated carbocycles. The van der Waals surface area contributed by atoms with Crippen LogP contribution in [0.15, 0.2) is 206 Å². The smallest absolute Gasteiger partial charge is 0.0551 e. The van der Waals surface area contributed by atoms with Gasteiger partial charge in [-0.25, -0.2) is 0 Å². The molecule has 264 valence electrons. The van der Waals surface area contributed by atoms with E-state index in [1.165, 1.54) is 115 Å². The van der Waals surface area contributed by atoms with Gasteiger partial charge in [-0.15, -0.1) is 0 Å². The van der Waals surface area contributed by atoms with Crippen LogP contribution in [0, 0.1) is 0 Å². The highest BCUT2D eigenvalue weighted by atomic mass is 14.7. The minimum absolute atomic E-state index is 1.16. The predicted octanol–water partition coefficient (Wildman–Crippen LogP) is 15.8. The second-order valence-corrected chi connectivity index (χ2v) is 15.3. The quantitative estimate of drug-likeness (QED) is 0.138. The van der Waals surface area contributed by atoms with Crippen LogP contribution >= 0.6 is 0 Å². The summed E-state index contributed by atoms with van der Waals surface area (Å²) in [6.45, 7) is 0. The highest BCUT2D eigenvalue weighted by Crippen LogP contribution is 2.45. The maximum atomic E-state index is 3.81. The number of rotatable bonds is 4. The minimum Gasteiger partial charge on any atom is -0.354 e. The largest absolute Gasteiger partial charge is 0.354 e. The highest BCUT2D eigenvalue weighted by Gasteiger charge is 2.18. The van der Waals surface area contributed by atoms with Crippen LogP contribution in [0.4, 0.5) is 0 Å². The summed E-state index contributed by atoms with van der Waals surface area (Å²) in [6, 6.07) is 76.0. The van der Waals surface area contributed by atoms with Crippen LogP contribution in [0.1, 0.15) is 0 Å². The molecule has 1 aromatic heterocycles. The zero-order chi connectivity index (χ0) is 37.5. The standard InChI is InChI=1S/C56H35N/c1-2-13-38-32-40(29-26-35(38)12-1)36-24-27-37(28-25-36)53-46-19-6-8-21-48(46)54(49-22-9-7-20-47(49)53)42-15-11-14-39(33-42)41-30-31-52-51(34-41)55-45-18-5-3-16-43(45)44-17-4-10-23-50(44)56(55)57-52/h1-34,57H. The van der Waals surface area contributed by atoms with Crippen LogP contribution in [-0.2, 0) is 0 Å². The number of aromatic nitrogens is 1. The lowest BCUT2D eigenvalue weighted by atomic mass is 9.85. The van der Waals surface area contributed by atoms with E-state index >= 15 is 0 Å². The SMILES string of the molecule is c1cc(-c2ccc3[nH]c4c5ccccc5c5ccccc5c4c3c2)cc(-c2c3ccccc3c(-c3ccc(-c4ccc5ccccc5c4)cc3)c3ccccc23)c1. The van der Waals surface area contributed by atoms with E-state index in [1.54, 1.807) is 0 Å². The lowest BCUT2D eigenvalue weighted by molar-refractivity contribution is 1.56. The molecule has 1 N–H and O–H groups in total. The summed E-state index contributed by atoms with van der Waals surface area (Å²) in [5.41, 5.74) is 12.2. The Kier molecular flexibility index (Phi) is 7.00. The number of H-pyrrole nitrogens is 1. The van der Waals surface area contributed by atoms with Crippen molar-refractivity contribution >= 4 is 75.7 Å². The van der Waals surface area contributed by atoms with E-state index in [0.717, 1.165) is 5.52 Å². The molecule has 0 saturated heterocycles. The molecule has 0 unspecified atom stereocenters. The summed E-state index contributed by atoms with van der Waals surface area (Å²) < 4.78 is 0. The van der Waals surface area contributed by atoms with Gasteiger partial charge in [0.1, 0.15) is 0 Å². The van der Waals surface area contributed by atoms with Crippen LogP contribution in [0.2, 0.25) is 0 Å². The van der Waals surface area contributed by atoms with Crippen molar-refractivity contribution in [2.75, 3.05) is 0 Å². The summed E-state index contributed by atoms with van der Waals surface area (Å²) in [5, 5.41) is 15.2. The molecule has 0 aliphatic rings. The Morgan fingerprint density at radius 2 is 0.719 bits per heavy atom. The first-order valence-electron chi connectivity index (χ1n) is 19.8. The minimum atomic E-state index is 1.16. The summed E-state index contributed by atoms with van der Waals surface area (Å²) in [7, 11) is 0. The van der Waals surface area contributed by atoms with Crippen LogP contribution < -0.4 is 0 Å². The molecule has 0 radical (unpaired) electrons. The molecule has 0 spiro atoms. The first-order valence-corrected chi connectivity index (χ1v) is 19.8. The third-order valence-corrected chi connectivity index (χ3v) is 12.2. The van der Waals surface area contributed by atoms with Gasteiger partial charge < -0.3 is 4.98 Å². The second kappa shape index (κ2) is 12.5. The predicted molar refractivity (Wildman–Crippen MR) is 245 cm³/mol. The molecule has 57 heavy (non-hydrogen) atoms. The number of hydrogen-bond donors (Lipinski definition) is 1. The van der Waals surface area contributed by atoms with Gasteiger partial charge in [-0.3, -0.25) is 0 Å². The molecule has 0 amide bonds. The molecule has 0 bridgehead atoms. The van der Waals surface area contributed by atoms with Crippen molar-refractivity contribution in [2.45, 2.75) is 0 Å². The fraction of sp³-hybridized carbons (Fsp3) is 0. The van der Waals surface area contributed by atoms with E-state index in [1.807, 2.05) is 0 Å². The average molecular weight is 722 g/mol. The zero-order valence-electron chi connectivity index (χ0n) is 31.1. The lowest BCUT2D eigenvalue weighted by Crippen LogP contribution is -1.91. The molecule has 11 aromatic carbocycles. The molecule has 0 fully saturated rings.